The Morgan fingerprint density at radius 2 is 1.79 bits per heavy atom. The first kappa shape index (κ1) is 19.9. The van der Waals surface area contributed by atoms with E-state index in [-0.39, 0.29) is 17.5 Å². The summed E-state index contributed by atoms with van der Waals surface area (Å²) in [6.07, 6.45) is 0. The van der Waals surface area contributed by atoms with Gasteiger partial charge in [-0.2, -0.15) is 0 Å². The predicted octanol–water partition coefficient (Wildman–Crippen LogP) is 3.40. The minimum absolute atomic E-state index is 0.0384. The first-order valence-electron chi connectivity index (χ1n) is 9.04. The average molecular weight is 398 g/mol. The standard InChI is InChI=1S/C21H23N3O3S/c1-13(2)22-19(25)14(3)28-21-23-16-10-6-5-9-15(16)20(26)24(21)17-11-7-8-12-18(17)27-4/h5-14H,1-4H3,(H,22,25). The van der Waals surface area contributed by atoms with Crippen LogP contribution >= 0.6 is 11.8 Å². The second-order valence-corrected chi connectivity index (χ2v) is 7.96. The normalized spacial score (nSPS) is 12.2. The fourth-order valence-electron chi connectivity index (χ4n) is 2.83. The number of fused-ring (bicyclic) bond motifs is 1. The minimum Gasteiger partial charge on any atom is -0.495 e. The van der Waals surface area contributed by atoms with E-state index in [1.807, 2.05) is 38.1 Å². The van der Waals surface area contributed by atoms with Crippen molar-refractivity contribution in [2.75, 3.05) is 7.11 Å². The highest BCUT2D eigenvalue weighted by molar-refractivity contribution is 8.00. The second-order valence-electron chi connectivity index (χ2n) is 6.65. The largest absolute Gasteiger partial charge is 0.495 e. The van der Waals surface area contributed by atoms with Crippen LogP contribution in [0.2, 0.25) is 0 Å². The summed E-state index contributed by atoms with van der Waals surface area (Å²) >= 11 is 1.25. The molecule has 6 nitrogen and oxygen atoms in total. The third kappa shape index (κ3) is 4.04. The number of methoxy groups -OCH3 is 1. The lowest BCUT2D eigenvalue weighted by molar-refractivity contribution is -0.120. The highest BCUT2D eigenvalue weighted by Crippen LogP contribution is 2.29. The topological polar surface area (TPSA) is 73.2 Å². The summed E-state index contributed by atoms with van der Waals surface area (Å²) in [6.45, 7) is 5.62. The summed E-state index contributed by atoms with van der Waals surface area (Å²) in [5.41, 5.74) is 0.985. The van der Waals surface area contributed by atoms with E-state index in [2.05, 4.69) is 10.3 Å². The number of rotatable bonds is 6. The molecule has 0 radical (unpaired) electrons. The first-order chi connectivity index (χ1) is 13.4. The van der Waals surface area contributed by atoms with Crippen LogP contribution in [0.25, 0.3) is 16.6 Å². The Morgan fingerprint density at radius 3 is 2.50 bits per heavy atom. The summed E-state index contributed by atoms with van der Waals surface area (Å²) in [5, 5.41) is 3.43. The van der Waals surface area contributed by atoms with Crippen molar-refractivity contribution in [3.05, 3.63) is 58.9 Å². The molecule has 0 saturated heterocycles. The number of hydrogen-bond acceptors (Lipinski definition) is 5. The van der Waals surface area contributed by atoms with Crippen molar-refractivity contribution in [3.63, 3.8) is 0 Å². The molecule has 3 rings (SSSR count). The van der Waals surface area contributed by atoms with E-state index in [1.165, 1.54) is 16.3 Å². The number of hydrogen-bond donors (Lipinski definition) is 1. The van der Waals surface area contributed by atoms with Crippen LogP contribution in [0.5, 0.6) is 5.75 Å². The third-order valence-corrected chi connectivity index (χ3v) is 5.21. The van der Waals surface area contributed by atoms with Crippen LogP contribution in [-0.2, 0) is 4.79 Å². The molecule has 3 aromatic rings. The number of aromatic nitrogens is 2. The van der Waals surface area contributed by atoms with Gasteiger partial charge in [0.2, 0.25) is 5.91 Å². The molecule has 28 heavy (non-hydrogen) atoms. The van der Waals surface area contributed by atoms with Crippen molar-refractivity contribution in [1.82, 2.24) is 14.9 Å². The van der Waals surface area contributed by atoms with E-state index in [4.69, 9.17) is 4.74 Å². The lowest BCUT2D eigenvalue weighted by Gasteiger charge is -2.18. The predicted molar refractivity (Wildman–Crippen MR) is 112 cm³/mol. The molecule has 1 N–H and O–H groups in total. The molecule has 0 bridgehead atoms. The Hall–Kier alpha value is -2.80. The maximum atomic E-state index is 13.3. The van der Waals surface area contributed by atoms with Gasteiger partial charge in [-0.1, -0.05) is 36.0 Å². The Morgan fingerprint density at radius 1 is 1.11 bits per heavy atom. The Balaban J connectivity index is 2.18. The van der Waals surface area contributed by atoms with Gasteiger partial charge in [0, 0.05) is 6.04 Å². The molecule has 1 unspecified atom stereocenters. The average Bonchev–Trinajstić information content (AvgIpc) is 2.68. The van der Waals surface area contributed by atoms with Gasteiger partial charge in [-0.05, 0) is 45.0 Å². The zero-order chi connectivity index (χ0) is 20.3. The molecular weight excluding hydrogens is 374 g/mol. The van der Waals surface area contributed by atoms with Gasteiger partial charge in [0.25, 0.3) is 5.56 Å². The van der Waals surface area contributed by atoms with E-state index in [0.29, 0.717) is 27.5 Å². The van der Waals surface area contributed by atoms with E-state index in [9.17, 15) is 9.59 Å². The zero-order valence-corrected chi connectivity index (χ0v) is 17.1. The van der Waals surface area contributed by atoms with Crippen LogP contribution in [0, 0.1) is 0 Å². The van der Waals surface area contributed by atoms with Crippen LogP contribution in [0.1, 0.15) is 20.8 Å². The molecule has 1 aromatic heterocycles. The van der Waals surface area contributed by atoms with Crippen molar-refractivity contribution < 1.29 is 9.53 Å². The molecule has 0 aliphatic rings. The molecule has 0 saturated carbocycles. The quantitative estimate of drug-likeness (QED) is 0.510. The number of para-hydroxylation sites is 3. The summed E-state index contributed by atoms with van der Waals surface area (Å²) in [5.74, 6) is 0.455. The van der Waals surface area contributed by atoms with Crippen LogP contribution in [0.15, 0.2) is 58.5 Å². The molecule has 0 fully saturated rings. The number of nitrogens with zero attached hydrogens (tertiary/aromatic N) is 2. The molecular formula is C21H23N3O3S. The van der Waals surface area contributed by atoms with Crippen LogP contribution in [0.4, 0.5) is 0 Å². The Bertz CT molecular complexity index is 1060. The van der Waals surface area contributed by atoms with Crippen LogP contribution in [-0.4, -0.2) is 33.9 Å². The van der Waals surface area contributed by atoms with Gasteiger partial charge in [-0.25, -0.2) is 4.98 Å². The van der Waals surface area contributed by atoms with Gasteiger partial charge in [0.05, 0.1) is 29.0 Å². The number of carbonyl (C=O) groups excluding carboxylic acids is 1. The van der Waals surface area contributed by atoms with Crippen molar-refractivity contribution in [3.8, 4) is 11.4 Å². The maximum Gasteiger partial charge on any atom is 0.266 e. The van der Waals surface area contributed by atoms with Crippen LogP contribution < -0.4 is 15.6 Å². The summed E-state index contributed by atoms with van der Waals surface area (Å²) in [7, 11) is 1.56. The number of amides is 1. The number of carbonyl (C=O) groups is 1. The number of benzene rings is 2. The second kappa shape index (κ2) is 8.48. The minimum atomic E-state index is -0.420. The van der Waals surface area contributed by atoms with E-state index in [1.54, 1.807) is 38.3 Å². The van der Waals surface area contributed by atoms with Gasteiger partial charge in [0.1, 0.15) is 5.75 Å². The lowest BCUT2D eigenvalue weighted by Crippen LogP contribution is -2.36. The molecule has 1 amide bonds. The van der Waals surface area contributed by atoms with Crippen molar-refractivity contribution >= 4 is 28.6 Å². The molecule has 0 aliphatic heterocycles. The zero-order valence-electron chi connectivity index (χ0n) is 16.3. The van der Waals surface area contributed by atoms with Gasteiger partial charge in [0.15, 0.2) is 5.16 Å². The van der Waals surface area contributed by atoms with E-state index >= 15 is 0 Å². The summed E-state index contributed by atoms with van der Waals surface area (Å²) in [6, 6.07) is 14.5. The molecule has 1 heterocycles. The van der Waals surface area contributed by atoms with Gasteiger partial charge in [-0.15, -0.1) is 0 Å². The van der Waals surface area contributed by atoms with Crippen molar-refractivity contribution in [1.29, 1.82) is 0 Å². The number of nitrogens with one attached hydrogen (secondary N) is 1. The summed E-state index contributed by atoms with van der Waals surface area (Å²) < 4.78 is 6.97. The SMILES string of the molecule is COc1ccccc1-n1c(SC(C)C(=O)NC(C)C)nc2ccccc2c1=O. The fourth-order valence-corrected chi connectivity index (χ4v) is 3.76. The lowest BCUT2D eigenvalue weighted by atomic mass is 10.2. The molecule has 2 aromatic carbocycles. The smallest absolute Gasteiger partial charge is 0.266 e. The van der Waals surface area contributed by atoms with E-state index in [0.717, 1.165) is 0 Å². The monoisotopic (exact) mass is 397 g/mol. The number of thioether (sulfide) groups is 1. The number of ether oxygens (including phenoxy) is 1. The van der Waals surface area contributed by atoms with Gasteiger partial charge >= 0.3 is 0 Å². The van der Waals surface area contributed by atoms with Gasteiger partial charge < -0.3 is 10.1 Å². The molecule has 0 aliphatic carbocycles. The third-order valence-electron chi connectivity index (χ3n) is 4.15. The summed E-state index contributed by atoms with van der Waals surface area (Å²) in [4.78, 5) is 30.4. The van der Waals surface area contributed by atoms with Crippen molar-refractivity contribution in [2.45, 2.75) is 37.2 Å². The highest BCUT2D eigenvalue weighted by Gasteiger charge is 2.21. The van der Waals surface area contributed by atoms with E-state index < -0.39 is 5.25 Å². The highest BCUT2D eigenvalue weighted by atomic mass is 32.2. The Kier molecular flexibility index (Phi) is 6.04. The molecule has 146 valence electrons. The maximum absolute atomic E-state index is 13.3. The molecule has 0 spiro atoms. The van der Waals surface area contributed by atoms with Crippen LogP contribution in [0.3, 0.4) is 0 Å². The Labute approximate surface area is 167 Å². The first-order valence-corrected chi connectivity index (χ1v) is 9.92. The van der Waals surface area contributed by atoms with Crippen molar-refractivity contribution in [2.24, 2.45) is 0 Å². The molecule has 1 atom stereocenters. The van der Waals surface area contributed by atoms with Gasteiger partial charge in [-0.3, -0.25) is 14.2 Å². The fraction of sp³-hybridized carbons (Fsp3) is 0.286. The molecule has 7 heteroatoms.